The number of alkyl halides is 1. The number of carbonyl (C=O) groups is 1. The minimum absolute atomic E-state index is 0.178. The molecule has 0 aliphatic rings. The van der Waals surface area contributed by atoms with Gasteiger partial charge in [-0.05, 0) is 24.1 Å². The second-order valence-electron chi connectivity index (χ2n) is 3.67. The fourth-order valence-corrected chi connectivity index (χ4v) is 1.97. The highest BCUT2D eigenvalue weighted by Crippen LogP contribution is 2.13. The minimum atomic E-state index is -3.53. The third-order valence-electron chi connectivity index (χ3n) is 2.14. The van der Waals surface area contributed by atoms with Crippen LogP contribution in [0.4, 0.5) is 5.69 Å². The van der Waals surface area contributed by atoms with E-state index >= 15 is 0 Å². The van der Waals surface area contributed by atoms with Crippen molar-refractivity contribution in [2.24, 2.45) is 5.73 Å². The van der Waals surface area contributed by atoms with Crippen LogP contribution in [0.2, 0.25) is 0 Å². The number of halogens is 1. The number of nitrogens with one attached hydrogen (secondary N) is 1. The lowest BCUT2D eigenvalue weighted by molar-refractivity contribution is -0.138. The molecule has 4 N–H and O–H groups in total. The molecule has 0 heterocycles. The van der Waals surface area contributed by atoms with Crippen LogP contribution in [-0.4, -0.2) is 30.7 Å². The van der Waals surface area contributed by atoms with Crippen molar-refractivity contribution in [2.45, 2.75) is 12.5 Å². The molecule has 0 aliphatic carbocycles. The lowest BCUT2D eigenvalue weighted by Gasteiger charge is -2.08. The Kier molecular flexibility index (Phi) is 4.94. The number of aliphatic carboxylic acids is 1. The molecule has 0 fully saturated rings. The number of anilines is 1. The Morgan fingerprint density at radius 2 is 1.94 bits per heavy atom. The van der Waals surface area contributed by atoms with E-state index in [2.05, 4.69) is 4.72 Å². The maximum atomic E-state index is 11.2. The molecular weight excluding hydrogens is 280 g/mol. The maximum absolute atomic E-state index is 11.2. The summed E-state index contributed by atoms with van der Waals surface area (Å²) < 4.78 is 24.6. The molecule has 0 spiro atoms. The average molecular weight is 293 g/mol. The van der Waals surface area contributed by atoms with Crippen LogP contribution in [0, 0.1) is 0 Å². The van der Waals surface area contributed by atoms with E-state index in [0.29, 0.717) is 11.3 Å². The molecule has 0 saturated carbocycles. The summed E-state index contributed by atoms with van der Waals surface area (Å²) in [7, 11) is -3.53. The van der Waals surface area contributed by atoms with Crippen LogP contribution in [0.5, 0.6) is 0 Å². The van der Waals surface area contributed by atoms with Gasteiger partial charge in [-0.25, -0.2) is 8.42 Å². The second-order valence-corrected chi connectivity index (χ2v) is 5.98. The van der Waals surface area contributed by atoms with Gasteiger partial charge < -0.3 is 10.8 Å². The highest BCUT2D eigenvalue weighted by molar-refractivity contribution is 7.93. The van der Waals surface area contributed by atoms with Crippen LogP contribution in [0.1, 0.15) is 5.56 Å². The minimum Gasteiger partial charge on any atom is -0.480 e. The molecule has 1 aromatic rings. The molecule has 0 radical (unpaired) electrons. The van der Waals surface area contributed by atoms with E-state index < -0.39 is 27.2 Å². The molecule has 18 heavy (non-hydrogen) atoms. The number of hydrogen-bond acceptors (Lipinski definition) is 4. The molecule has 0 unspecified atom stereocenters. The normalized spacial score (nSPS) is 13.0. The molecule has 100 valence electrons. The van der Waals surface area contributed by atoms with Crippen molar-refractivity contribution in [3.63, 3.8) is 0 Å². The lowest BCUT2D eigenvalue weighted by atomic mass is 10.1. The molecule has 1 atom stereocenters. The maximum Gasteiger partial charge on any atom is 0.320 e. The van der Waals surface area contributed by atoms with Crippen LogP contribution in [0.25, 0.3) is 0 Å². The largest absolute Gasteiger partial charge is 0.480 e. The molecule has 0 amide bonds. The number of nitrogens with two attached hydrogens (primary N) is 1. The summed E-state index contributed by atoms with van der Waals surface area (Å²) >= 11 is 5.25. The van der Waals surface area contributed by atoms with Gasteiger partial charge >= 0.3 is 5.97 Å². The van der Waals surface area contributed by atoms with E-state index in [0.717, 1.165) is 0 Å². The van der Waals surface area contributed by atoms with Gasteiger partial charge in [-0.1, -0.05) is 12.1 Å². The van der Waals surface area contributed by atoms with E-state index in [4.69, 9.17) is 22.4 Å². The van der Waals surface area contributed by atoms with Crippen molar-refractivity contribution in [1.29, 1.82) is 0 Å². The van der Waals surface area contributed by atoms with Gasteiger partial charge in [-0.15, -0.1) is 11.6 Å². The SMILES string of the molecule is N[C@@H](Cc1ccc(NS(=O)(=O)CCl)cc1)C(=O)O. The number of carboxylic acid groups (broad SMARTS) is 1. The first-order valence-corrected chi connectivity index (χ1v) is 7.16. The first-order valence-electron chi connectivity index (χ1n) is 4.98. The highest BCUT2D eigenvalue weighted by Gasteiger charge is 2.12. The fraction of sp³-hybridized carbons (Fsp3) is 0.300. The first-order chi connectivity index (χ1) is 8.34. The first kappa shape index (κ1) is 14.7. The second kappa shape index (κ2) is 6.03. The van der Waals surface area contributed by atoms with Crippen molar-refractivity contribution < 1.29 is 18.3 Å². The quantitative estimate of drug-likeness (QED) is 0.664. The fourth-order valence-electron chi connectivity index (χ4n) is 1.26. The molecule has 0 aliphatic heterocycles. The van der Waals surface area contributed by atoms with Gasteiger partial charge in [0.1, 0.15) is 11.3 Å². The van der Waals surface area contributed by atoms with Crippen molar-refractivity contribution in [2.75, 3.05) is 9.93 Å². The van der Waals surface area contributed by atoms with E-state index in [1.165, 1.54) is 12.1 Å². The summed E-state index contributed by atoms with van der Waals surface area (Å²) in [6, 6.07) is 5.28. The summed E-state index contributed by atoms with van der Waals surface area (Å²) in [6.45, 7) is 0. The number of sulfonamides is 1. The zero-order valence-electron chi connectivity index (χ0n) is 9.34. The highest BCUT2D eigenvalue weighted by atomic mass is 35.5. The summed E-state index contributed by atoms with van der Waals surface area (Å²) in [5.74, 6) is -1.08. The van der Waals surface area contributed by atoms with Crippen LogP contribution in [0.3, 0.4) is 0 Å². The molecular formula is C10H13ClN2O4S. The van der Waals surface area contributed by atoms with Gasteiger partial charge in [0, 0.05) is 5.69 Å². The van der Waals surface area contributed by atoms with Gasteiger partial charge in [-0.2, -0.15) is 0 Å². The number of rotatable bonds is 6. The smallest absolute Gasteiger partial charge is 0.320 e. The molecule has 8 heteroatoms. The number of benzene rings is 1. The van der Waals surface area contributed by atoms with Gasteiger partial charge in [-0.3, -0.25) is 9.52 Å². The van der Waals surface area contributed by atoms with Crippen LogP contribution in [-0.2, 0) is 21.2 Å². The molecule has 1 rings (SSSR count). The number of carboxylic acids is 1. The Bertz CT molecular complexity index is 515. The Morgan fingerprint density at radius 3 is 2.39 bits per heavy atom. The number of hydrogen-bond donors (Lipinski definition) is 3. The monoisotopic (exact) mass is 292 g/mol. The van der Waals surface area contributed by atoms with Crippen molar-refractivity contribution in [3.8, 4) is 0 Å². The van der Waals surface area contributed by atoms with Gasteiger partial charge in [0.25, 0.3) is 0 Å². The summed E-state index contributed by atoms with van der Waals surface area (Å²) in [4.78, 5) is 10.6. The third kappa shape index (κ3) is 4.52. The van der Waals surface area contributed by atoms with Crippen LogP contribution in [0.15, 0.2) is 24.3 Å². The van der Waals surface area contributed by atoms with Crippen LogP contribution < -0.4 is 10.5 Å². The predicted molar refractivity (Wildman–Crippen MR) is 69.0 cm³/mol. The Hall–Kier alpha value is -1.31. The summed E-state index contributed by atoms with van der Waals surface area (Å²) in [5.41, 5.74) is 6.45. The predicted octanol–water partition coefficient (Wildman–Crippen LogP) is 0.579. The van der Waals surface area contributed by atoms with Gasteiger partial charge in [0.05, 0.1) is 0 Å². The van der Waals surface area contributed by atoms with E-state index in [9.17, 15) is 13.2 Å². The standard InChI is InChI=1S/C10H13ClN2O4S/c11-6-18(16,17)13-8-3-1-7(2-4-8)5-9(12)10(14)15/h1-4,9,13H,5-6,12H2,(H,14,15)/t9-/m0/s1. The molecule has 0 aromatic heterocycles. The molecule has 6 nitrogen and oxygen atoms in total. The summed E-state index contributed by atoms with van der Waals surface area (Å²) in [5, 5.41) is 8.12. The average Bonchev–Trinajstić information content (AvgIpc) is 2.31. The molecule has 0 bridgehead atoms. The van der Waals surface area contributed by atoms with Crippen LogP contribution >= 0.6 is 11.6 Å². The Morgan fingerprint density at radius 1 is 1.39 bits per heavy atom. The third-order valence-corrected chi connectivity index (χ3v) is 3.84. The summed E-state index contributed by atoms with van der Waals surface area (Å²) in [6.07, 6.45) is 0.178. The van der Waals surface area contributed by atoms with Crippen molar-refractivity contribution in [1.82, 2.24) is 0 Å². The Balaban J connectivity index is 2.72. The zero-order chi connectivity index (χ0) is 13.8. The lowest BCUT2D eigenvalue weighted by Crippen LogP contribution is -2.32. The van der Waals surface area contributed by atoms with Gasteiger partial charge in [0.15, 0.2) is 0 Å². The van der Waals surface area contributed by atoms with Crippen molar-refractivity contribution in [3.05, 3.63) is 29.8 Å². The van der Waals surface area contributed by atoms with E-state index in [-0.39, 0.29) is 6.42 Å². The Labute approximate surface area is 110 Å². The molecule has 1 aromatic carbocycles. The topological polar surface area (TPSA) is 109 Å². The van der Waals surface area contributed by atoms with E-state index in [1.54, 1.807) is 12.1 Å². The van der Waals surface area contributed by atoms with E-state index in [1.807, 2.05) is 0 Å². The van der Waals surface area contributed by atoms with Gasteiger partial charge in [0.2, 0.25) is 10.0 Å². The van der Waals surface area contributed by atoms with Crippen molar-refractivity contribution >= 4 is 33.3 Å². The zero-order valence-corrected chi connectivity index (χ0v) is 10.9. The molecule has 0 saturated heterocycles.